The van der Waals surface area contributed by atoms with E-state index in [1.165, 1.54) is 59.1 Å². The molecular weight excluding hydrogens is 981 g/mol. The number of Topliss-reactive ketones (excluding diaryl/α,β-unsaturated/α-hetero) is 1. The number of carbonyl (C=O) groups is 8. The van der Waals surface area contributed by atoms with Gasteiger partial charge in [-0.25, -0.2) is 19.2 Å². The van der Waals surface area contributed by atoms with Gasteiger partial charge in [0.05, 0.1) is 36.2 Å². The number of ether oxygens (including phenoxy) is 8. The number of hydrogen-bond donors (Lipinski definition) is 5. The van der Waals surface area contributed by atoms with Crippen LogP contribution in [0.3, 0.4) is 0 Å². The van der Waals surface area contributed by atoms with E-state index in [1.807, 2.05) is 0 Å². The van der Waals surface area contributed by atoms with Crippen molar-refractivity contribution in [3.05, 3.63) is 119 Å². The predicted octanol–water partition coefficient (Wildman–Crippen LogP) is 3.02. The van der Waals surface area contributed by atoms with E-state index in [1.54, 1.807) is 66.7 Å². The third-order valence-electron chi connectivity index (χ3n) is 14.9. The zero-order valence-corrected chi connectivity index (χ0v) is 42.5. The summed E-state index contributed by atoms with van der Waals surface area (Å²) >= 11 is 0. The molecule has 0 spiro atoms. The Morgan fingerprint density at radius 3 is 2.00 bits per heavy atom. The minimum absolute atomic E-state index is 0.0175. The van der Waals surface area contributed by atoms with Gasteiger partial charge in [-0.1, -0.05) is 80.6 Å². The number of methoxy groups -OCH3 is 1. The number of amides is 2. The Morgan fingerprint density at radius 1 is 0.827 bits per heavy atom. The van der Waals surface area contributed by atoms with Crippen molar-refractivity contribution in [2.75, 3.05) is 33.5 Å². The molecule has 0 aromatic heterocycles. The van der Waals surface area contributed by atoms with Crippen molar-refractivity contribution in [3.8, 4) is 0 Å². The molecular formula is C54H62N2O19. The molecule has 5 N–H and O–H groups in total. The maximum atomic E-state index is 16.2. The van der Waals surface area contributed by atoms with Crippen molar-refractivity contribution in [2.45, 2.75) is 114 Å². The maximum absolute atomic E-state index is 16.2. The summed E-state index contributed by atoms with van der Waals surface area (Å²) in [4.78, 5) is 114. The van der Waals surface area contributed by atoms with E-state index in [0.29, 0.717) is 5.56 Å². The van der Waals surface area contributed by atoms with Gasteiger partial charge in [-0.2, -0.15) is 0 Å². The molecule has 402 valence electrons. The van der Waals surface area contributed by atoms with Crippen molar-refractivity contribution in [1.82, 2.24) is 10.6 Å². The standard InChI is InChI=1S/C54H62N2O19/c1-29-36(71-49(65)43(73-39(61)27-68-7)41(32-17-11-8-12-18-32)56-47(63)33-19-13-9-14-20-33)24-54(67)46(74-48(64)34-21-15-10-16-22-34)44-52(6,45(62)42(70-30(2)58)40(29)51(54,4)5)37(72-50(66)55-25-35(60)26-57)23-38-53(44,28-69-38)75-31(3)59/h8-22,35-38,41-44,46,57,60,67H,23-28H2,1-7H3,(H,55,66)(H,56,63)/t35?,36-,37-,38+,41-,42+,43+,44-,46-,52+,53-,54+/m0/s1. The third-order valence-corrected chi connectivity index (χ3v) is 14.9. The Hall–Kier alpha value is -7.04. The third kappa shape index (κ3) is 10.8. The van der Waals surface area contributed by atoms with Gasteiger partial charge in [0.2, 0.25) is 6.10 Å². The molecule has 3 aromatic carbocycles. The van der Waals surface area contributed by atoms with Crippen LogP contribution >= 0.6 is 0 Å². The minimum atomic E-state index is -2.58. The highest BCUT2D eigenvalue weighted by atomic mass is 16.6. The highest BCUT2D eigenvalue weighted by molar-refractivity contribution is 5.97. The Bertz CT molecular complexity index is 2680. The molecule has 21 heteroatoms. The molecule has 3 aliphatic carbocycles. The van der Waals surface area contributed by atoms with E-state index in [0.717, 1.165) is 13.8 Å². The predicted molar refractivity (Wildman–Crippen MR) is 259 cm³/mol. The highest BCUT2D eigenvalue weighted by Gasteiger charge is 2.79. The second kappa shape index (κ2) is 22.4. The Labute approximate surface area is 432 Å². The average Bonchev–Trinajstić information content (AvgIpc) is 3.40. The SMILES string of the molecule is COCC(=O)O[C@@H](C(=O)O[C@H]1C[C@@]2(O)[C@@H](OC(=O)c3ccccc3)[C@@H]3[C@]4(OC(C)=O)CO[C@@H]4C[C@H](OC(=O)NCC(O)CO)[C@@]3(C)C(=O)[C@H](OC(C)=O)C(=C1C)C2(C)C)[C@@H](NC(=O)c1ccccc1)c1ccccc1. The lowest BCUT2D eigenvalue weighted by Crippen LogP contribution is -2.82. The number of hydrogen-bond acceptors (Lipinski definition) is 19. The van der Waals surface area contributed by atoms with Gasteiger partial charge in [-0.15, -0.1) is 0 Å². The van der Waals surface area contributed by atoms with E-state index in [-0.39, 0.29) is 28.7 Å². The smallest absolute Gasteiger partial charge is 0.407 e. The molecule has 2 amide bonds. The van der Waals surface area contributed by atoms with Crippen LogP contribution in [-0.4, -0.2) is 150 Å². The Kier molecular flexibility index (Phi) is 16.7. The molecule has 3 aromatic rings. The molecule has 1 heterocycles. The second-order valence-electron chi connectivity index (χ2n) is 19.8. The van der Waals surface area contributed by atoms with Crippen LogP contribution in [0.4, 0.5) is 4.79 Å². The topological polar surface area (TPSA) is 295 Å². The lowest BCUT2D eigenvalue weighted by atomic mass is 9.44. The Balaban J connectivity index is 1.45. The van der Waals surface area contributed by atoms with Crippen LogP contribution in [0.25, 0.3) is 0 Å². The van der Waals surface area contributed by atoms with E-state index in [4.69, 9.17) is 37.9 Å². The largest absolute Gasteiger partial charge is 0.455 e. The van der Waals surface area contributed by atoms with E-state index < -0.39 is 157 Å². The number of esters is 5. The molecule has 75 heavy (non-hydrogen) atoms. The fraction of sp³-hybridized carbons (Fsp3) is 0.481. The molecule has 21 nitrogen and oxygen atoms in total. The van der Waals surface area contributed by atoms with Gasteiger partial charge >= 0.3 is 35.9 Å². The number of alkyl carbamates (subject to hydrolysis) is 1. The summed E-state index contributed by atoms with van der Waals surface area (Å²) in [6, 6.07) is 22.3. The van der Waals surface area contributed by atoms with E-state index in [2.05, 4.69) is 10.6 Å². The summed E-state index contributed by atoms with van der Waals surface area (Å²) in [6.45, 7) is 5.66. The molecule has 2 saturated carbocycles. The summed E-state index contributed by atoms with van der Waals surface area (Å²) in [5, 5.41) is 38.8. The fourth-order valence-electron chi connectivity index (χ4n) is 11.2. The second-order valence-corrected chi connectivity index (χ2v) is 19.8. The van der Waals surface area contributed by atoms with Crippen LogP contribution in [-0.2, 0) is 61.9 Å². The minimum Gasteiger partial charge on any atom is -0.455 e. The van der Waals surface area contributed by atoms with E-state index >= 15 is 9.59 Å². The fourth-order valence-corrected chi connectivity index (χ4v) is 11.2. The summed E-state index contributed by atoms with van der Waals surface area (Å²) in [7, 11) is 1.22. The van der Waals surface area contributed by atoms with Crippen molar-refractivity contribution in [1.29, 1.82) is 0 Å². The van der Waals surface area contributed by atoms with Crippen LogP contribution in [0.2, 0.25) is 0 Å². The monoisotopic (exact) mass is 1040 g/mol. The van der Waals surface area contributed by atoms with Crippen LogP contribution in [0.1, 0.15) is 86.7 Å². The zero-order valence-electron chi connectivity index (χ0n) is 42.5. The molecule has 2 bridgehead atoms. The first-order valence-electron chi connectivity index (χ1n) is 24.3. The van der Waals surface area contributed by atoms with Crippen LogP contribution in [0.15, 0.2) is 102 Å². The lowest BCUT2D eigenvalue weighted by Gasteiger charge is -2.67. The quantitative estimate of drug-likeness (QED) is 0.0737. The van der Waals surface area contributed by atoms with Gasteiger partial charge in [0, 0.05) is 51.3 Å². The van der Waals surface area contributed by atoms with Gasteiger partial charge in [0.25, 0.3) is 5.91 Å². The zero-order chi connectivity index (χ0) is 54.6. The Morgan fingerprint density at radius 2 is 1.44 bits per heavy atom. The number of fused-ring (bicyclic) bond motifs is 5. The molecule has 0 radical (unpaired) electrons. The first-order chi connectivity index (χ1) is 35.5. The first-order valence-corrected chi connectivity index (χ1v) is 24.3. The van der Waals surface area contributed by atoms with Gasteiger partial charge in [0.1, 0.15) is 42.7 Å². The van der Waals surface area contributed by atoms with Crippen molar-refractivity contribution < 1.29 is 91.6 Å². The number of carbonyl (C=O) groups excluding carboxylic acids is 8. The van der Waals surface area contributed by atoms with E-state index in [9.17, 15) is 44.1 Å². The molecule has 1 aliphatic heterocycles. The average molecular weight is 1040 g/mol. The highest BCUT2D eigenvalue weighted by Crippen LogP contribution is 2.65. The summed E-state index contributed by atoms with van der Waals surface area (Å²) in [5.74, 6) is -8.60. The van der Waals surface area contributed by atoms with Gasteiger partial charge in [-0.3, -0.25) is 19.2 Å². The molecule has 7 rings (SSSR count). The molecule has 4 aliphatic rings. The summed E-state index contributed by atoms with van der Waals surface area (Å²) < 4.78 is 47.9. The van der Waals surface area contributed by atoms with Gasteiger partial charge in [-0.05, 0) is 54.8 Å². The molecule has 1 unspecified atom stereocenters. The van der Waals surface area contributed by atoms with Crippen LogP contribution in [0, 0.1) is 16.7 Å². The van der Waals surface area contributed by atoms with Crippen LogP contribution < -0.4 is 10.6 Å². The first kappa shape index (κ1) is 55.7. The number of nitrogens with one attached hydrogen (secondary N) is 2. The normalized spacial score (nSPS) is 28.6. The lowest BCUT2D eigenvalue weighted by molar-refractivity contribution is -0.345. The molecule has 3 fully saturated rings. The number of aliphatic hydroxyl groups is 3. The number of benzene rings is 3. The van der Waals surface area contributed by atoms with Crippen molar-refractivity contribution in [2.24, 2.45) is 16.7 Å². The van der Waals surface area contributed by atoms with Crippen LogP contribution in [0.5, 0.6) is 0 Å². The van der Waals surface area contributed by atoms with Crippen molar-refractivity contribution >= 4 is 47.6 Å². The number of ketones is 1. The number of rotatable bonds is 17. The molecule has 1 saturated heterocycles. The maximum Gasteiger partial charge on any atom is 0.407 e. The summed E-state index contributed by atoms with van der Waals surface area (Å²) in [6.07, 6.45) is -14.1. The van der Waals surface area contributed by atoms with Gasteiger partial charge in [0.15, 0.2) is 17.5 Å². The number of aliphatic hydroxyl groups excluding tert-OH is 2. The van der Waals surface area contributed by atoms with Gasteiger partial charge < -0.3 is 63.8 Å². The van der Waals surface area contributed by atoms with Crippen molar-refractivity contribution in [3.63, 3.8) is 0 Å². The molecule has 12 atom stereocenters. The summed E-state index contributed by atoms with van der Waals surface area (Å²) in [5.41, 5.74) is -8.21.